The lowest BCUT2D eigenvalue weighted by molar-refractivity contribution is -0.384. The molecule has 3 aromatic rings. The third kappa shape index (κ3) is 3.93. The van der Waals surface area contributed by atoms with E-state index < -0.39 is 16.7 Å². The number of hydrogen-bond donors (Lipinski definition) is 2. The molecule has 27 heavy (non-hydrogen) atoms. The number of nitro groups is 1. The van der Waals surface area contributed by atoms with Gasteiger partial charge in [0.15, 0.2) is 0 Å². The summed E-state index contributed by atoms with van der Waals surface area (Å²) in [5, 5.41) is 15.4. The molecule has 0 spiro atoms. The molecule has 0 saturated heterocycles. The standard InChI is InChI=1S/C17H11ClN4O5/c18-11-3-6-14-10(7-11)8-13(15(19)23)17(27-14)21-20-16(24)9-1-4-12(5-2-9)22(25)26/h1-8H,(H2,19,23)(H,20,24)/b21-17+. The fraction of sp³-hybridized carbons (Fsp3) is 0. The number of carbonyl (C=O) groups is 2. The Morgan fingerprint density at radius 2 is 1.85 bits per heavy atom. The van der Waals surface area contributed by atoms with Crippen molar-refractivity contribution in [3.05, 3.63) is 80.3 Å². The first-order valence-corrected chi connectivity index (χ1v) is 7.84. The topological polar surface area (TPSA) is 141 Å². The summed E-state index contributed by atoms with van der Waals surface area (Å²) in [6, 6.07) is 11.1. The number of halogens is 1. The number of rotatable bonds is 4. The lowest BCUT2D eigenvalue weighted by Gasteiger charge is -2.03. The molecule has 10 heteroatoms. The van der Waals surface area contributed by atoms with Gasteiger partial charge in [-0.2, -0.15) is 0 Å². The van der Waals surface area contributed by atoms with Crippen LogP contribution in [0.3, 0.4) is 0 Å². The number of benzene rings is 2. The van der Waals surface area contributed by atoms with E-state index in [-0.39, 0.29) is 22.4 Å². The van der Waals surface area contributed by atoms with E-state index in [0.29, 0.717) is 16.0 Å². The molecule has 0 saturated carbocycles. The average Bonchev–Trinajstić information content (AvgIpc) is 2.65. The first kappa shape index (κ1) is 18.1. The van der Waals surface area contributed by atoms with Crippen LogP contribution in [0.4, 0.5) is 5.69 Å². The summed E-state index contributed by atoms with van der Waals surface area (Å²) in [5.74, 6) is -1.45. The van der Waals surface area contributed by atoms with Gasteiger partial charge in [-0.15, -0.1) is 5.10 Å². The second-order valence-corrected chi connectivity index (χ2v) is 5.80. The fourth-order valence-electron chi connectivity index (χ4n) is 2.26. The highest BCUT2D eigenvalue weighted by atomic mass is 35.5. The first-order valence-electron chi connectivity index (χ1n) is 7.47. The minimum absolute atomic E-state index is 0.0474. The zero-order valence-corrected chi connectivity index (χ0v) is 14.3. The van der Waals surface area contributed by atoms with E-state index in [9.17, 15) is 19.7 Å². The van der Waals surface area contributed by atoms with Crippen molar-refractivity contribution < 1.29 is 18.9 Å². The minimum Gasteiger partial charge on any atom is -0.436 e. The Balaban J connectivity index is 1.95. The Kier molecular flexibility index (Phi) is 4.86. The van der Waals surface area contributed by atoms with E-state index in [1.54, 1.807) is 18.2 Å². The summed E-state index contributed by atoms with van der Waals surface area (Å²) < 4.78 is 5.52. The van der Waals surface area contributed by atoms with Gasteiger partial charge in [0.2, 0.25) is 5.55 Å². The minimum atomic E-state index is -0.802. The van der Waals surface area contributed by atoms with Gasteiger partial charge in [-0.3, -0.25) is 19.7 Å². The molecule has 3 rings (SSSR count). The lowest BCUT2D eigenvalue weighted by atomic mass is 10.2. The van der Waals surface area contributed by atoms with Gasteiger partial charge < -0.3 is 10.2 Å². The average molecular weight is 387 g/mol. The van der Waals surface area contributed by atoms with E-state index in [1.807, 2.05) is 0 Å². The Bertz CT molecular complexity index is 1140. The van der Waals surface area contributed by atoms with Crippen LogP contribution in [0.1, 0.15) is 20.7 Å². The van der Waals surface area contributed by atoms with Crippen LogP contribution < -0.4 is 16.7 Å². The number of nitro benzene ring substituents is 1. The van der Waals surface area contributed by atoms with Crippen molar-refractivity contribution in [2.24, 2.45) is 10.8 Å². The van der Waals surface area contributed by atoms with Crippen molar-refractivity contribution in [1.82, 2.24) is 5.43 Å². The maximum atomic E-state index is 12.1. The Morgan fingerprint density at radius 1 is 1.15 bits per heavy atom. The first-order chi connectivity index (χ1) is 12.8. The van der Waals surface area contributed by atoms with E-state index in [1.165, 1.54) is 30.3 Å². The van der Waals surface area contributed by atoms with Gasteiger partial charge in [0.05, 0.1) is 4.92 Å². The Hall–Kier alpha value is -3.72. The number of nitrogens with two attached hydrogens (primary N) is 1. The van der Waals surface area contributed by atoms with Gasteiger partial charge in [-0.1, -0.05) is 11.6 Å². The number of fused-ring (bicyclic) bond motifs is 1. The fourth-order valence-corrected chi connectivity index (χ4v) is 2.44. The molecular weight excluding hydrogens is 376 g/mol. The predicted octanol–water partition coefficient (Wildman–Crippen LogP) is 2.34. The van der Waals surface area contributed by atoms with E-state index >= 15 is 0 Å². The quantitative estimate of drug-likeness (QED) is 0.523. The van der Waals surface area contributed by atoms with Crippen molar-refractivity contribution >= 4 is 40.1 Å². The molecule has 1 heterocycles. The van der Waals surface area contributed by atoms with Crippen molar-refractivity contribution in [2.45, 2.75) is 0 Å². The zero-order chi connectivity index (χ0) is 19.6. The lowest BCUT2D eigenvalue weighted by Crippen LogP contribution is -2.27. The summed E-state index contributed by atoms with van der Waals surface area (Å²) in [5.41, 5.74) is 7.70. The van der Waals surface area contributed by atoms with Gasteiger partial charge in [0, 0.05) is 28.1 Å². The van der Waals surface area contributed by atoms with Gasteiger partial charge in [-0.05, 0) is 36.4 Å². The Morgan fingerprint density at radius 3 is 2.48 bits per heavy atom. The highest BCUT2D eigenvalue weighted by Gasteiger charge is 2.12. The van der Waals surface area contributed by atoms with E-state index in [0.717, 1.165) is 0 Å². The highest BCUT2D eigenvalue weighted by Crippen LogP contribution is 2.18. The summed E-state index contributed by atoms with van der Waals surface area (Å²) >= 11 is 5.91. The molecule has 136 valence electrons. The second-order valence-electron chi connectivity index (χ2n) is 5.37. The molecule has 3 N–H and O–H groups in total. The number of primary amides is 1. The zero-order valence-electron chi connectivity index (χ0n) is 13.5. The molecule has 2 aromatic carbocycles. The van der Waals surface area contributed by atoms with Crippen LogP contribution in [0.25, 0.3) is 11.0 Å². The van der Waals surface area contributed by atoms with Gasteiger partial charge in [0.1, 0.15) is 11.1 Å². The van der Waals surface area contributed by atoms with Crippen molar-refractivity contribution in [1.29, 1.82) is 0 Å². The third-order valence-corrected chi connectivity index (χ3v) is 3.81. The maximum Gasteiger partial charge on any atom is 0.271 e. The monoisotopic (exact) mass is 386 g/mol. The molecule has 1 aromatic heterocycles. The van der Waals surface area contributed by atoms with Crippen LogP contribution in [0.15, 0.2) is 58.0 Å². The molecule has 0 aliphatic carbocycles. The normalized spacial score (nSPS) is 11.4. The van der Waals surface area contributed by atoms with Crippen LogP contribution >= 0.6 is 11.6 Å². The van der Waals surface area contributed by atoms with Gasteiger partial charge >= 0.3 is 0 Å². The predicted molar refractivity (Wildman–Crippen MR) is 95.9 cm³/mol. The molecule has 0 fully saturated rings. The third-order valence-electron chi connectivity index (χ3n) is 3.57. The molecule has 9 nitrogen and oxygen atoms in total. The number of nitrogens with zero attached hydrogens (tertiary/aromatic N) is 2. The number of hydrogen-bond acceptors (Lipinski definition) is 6. The van der Waals surface area contributed by atoms with Crippen LogP contribution in [0.5, 0.6) is 0 Å². The van der Waals surface area contributed by atoms with Crippen LogP contribution in [0, 0.1) is 10.1 Å². The summed E-state index contributed by atoms with van der Waals surface area (Å²) in [4.78, 5) is 33.9. The summed E-state index contributed by atoms with van der Waals surface area (Å²) in [6.07, 6.45) is 0. The summed E-state index contributed by atoms with van der Waals surface area (Å²) in [6.45, 7) is 0. The van der Waals surface area contributed by atoms with E-state index in [2.05, 4.69) is 10.5 Å². The molecular formula is C17H11ClN4O5. The molecule has 0 unspecified atom stereocenters. The van der Waals surface area contributed by atoms with Crippen LogP contribution in [-0.4, -0.2) is 16.7 Å². The maximum absolute atomic E-state index is 12.1. The number of amides is 2. The molecule has 0 radical (unpaired) electrons. The summed E-state index contributed by atoms with van der Waals surface area (Å²) in [7, 11) is 0. The highest BCUT2D eigenvalue weighted by molar-refractivity contribution is 6.31. The SMILES string of the molecule is NC(=O)c1cc2cc(Cl)ccc2o/c1=N/NC(=O)c1ccc([N+](=O)[O-])cc1. The second kappa shape index (κ2) is 7.26. The smallest absolute Gasteiger partial charge is 0.271 e. The largest absolute Gasteiger partial charge is 0.436 e. The van der Waals surface area contributed by atoms with Crippen molar-refractivity contribution in [3.8, 4) is 0 Å². The number of non-ortho nitro benzene ring substituents is 1. The Labute approximate surface area is 156 Å². The van der Waals surface area contributed by atoms with Gasteiger partial charge in [0.25, 0.3) is 17.5 Å². The number of nitrogens with one attached hydrogen (secondary N) is 1. The molecule has 2 amide bonds. The molecule has 0 aliphatic heterocycles. The number of carbonyl (C=O) groups excluding carboxylic acids is 2. The van der Waals surface area contributed by atoms with Crippen LogP contribution in [0.2, 0.25) is 5.02 Å². The molecule has 0 atom stereocenters. The van der Waals surface area contributed by atoms with Crippen molar-refractivity contribution in [2.75, 3.05) is 0 Å². The van der Waals surface area contributed by atoms with E-state index in [4.69, 9.17) is 21.8 Å². The molecule has 0 aliphatic rings. The molecule has 0 bridgehead atoms. The van der Waals surface area contributed by atoms with Crippen molar-refractivity contribution in [3.63, 3.8) is 0 Å². The van der Waals surface area contributed by atoms with Gasteiger partial charge in [-0.25, -0.2) is 5.43 Å². The van der Waals surface area contributed by atoms with Crippen LogP contribution in [-0.2, 0) is 0 Å².